The highest BCUT2D eigenvalue weighted by atomic mass is 32.3. The third kappa shape index (κ3) is 24.8. The number of unbranched alkanes of at least 4 members (excludes halogenated alkanes) is 8. The molecule has 1 N–H and O–H groups in total. The first-order chi connectivity index (χ1) is 10.2. The van der Waals surface area contributed by atoms with Gasteiger partial charge < -0.3 is 14.2 Å². The second-order valence-electron chi connectivity index (χ2n) is 6.16. The second-order valence-corrected chi connectivity index (χ2v) is 6.98. The standard InChI is InChI=1S/C16H34O.H2O4S/c1-4-5-6-7-8-9-10-11-12-13-15(2)16(3)14-17;1-5(2,3)4/h15-17H,4-14H2,1-3H3;(H2,1,2,3,4)/p-2. The van der Waals surface area contributed by atoms with Gasteiger partial charge in [0, 0.05) is 17.0 Å². The quantitative estimate of drug-likeness (QED) is 0.331. The lowest BCUT2D eigenvalue weighted by molar-refractivity contribution is 0.188. The van der Waals surface area contributed by atoms with Gasteiger partial charge in [-0.15, -0.1) is 0 Å². The monoisotopic (exact) mass is 338 g/mol. The van der Waals surface area contributed by atoms with Gasteiger partial charge in [-0.05, 0) is 11.8 Å². The van der Waals surface area contributed by atoms with E-state index in [2.05, 4.69) is 20.8 Å². The number of hydrogen-bond donors (Lipinski definition) is 1. The average Bonchev–Trinajstić information content (AvgIpc) is 2.42. The molecule has 2 atom stereocenters. The van der Waals surface area contributed by atoms with Crippen LogP contribution in [0.3, 0.4) is 0 Å². The summed E-state index contributed by atoms with van der Waals surface area (Å²) in [5, 5.41) is 9.05. The Labute approximate surface area is 137 Å². The molecule has 0 spiro atoms. The van der Waals surface area contributed by atoms with Crippen molar-refractivity contribution in [2.45, 2.75) is 85.0 Å². The van der Waals surface area contributed by atoms with Crippen LogP contribution >= 0.6 is 0 Å². The van der Waals surface area contributed by atoms with Crippen LogP contribution in [0.5, 0.6) is 0 Å². The largest absolute Gasteiger partial charge is 0.759 e. The van der Waals surface area contributed by atoms with Gasteiger partial charge in [-0.1, -0.05) is 85.0 Å². The Balaban J connectivity index is 0. The molecule has 0 aliphatic carbocycles. The Kier molecular flexibility index (Phi) is 17.2. The van der Waals surface area contributed by atoms with Crippen molar-refractivity contribution in [3.63, 3.8) is 0 Å². The number of rotatable bonds is 12. The summed E-state index contributed by atoms with van der Waals surface area (Å²) < 4.78 is 34.1. The van der Waals surface area contributed by atoms with Gasteiger partial charge in [-0.25, -0.2) is 0 Å². The smallest absolute Gasteiger partial charge is 0.0459 e. The molecule has 0 aliphatic rings. The van der Waals surface area contributed by atoms with Crippen molar-refractivity contribution in [1.29, 1.82) is 0 Å². The fourth-order valence-corrected chi connectivity index (χ4v) is 2.24. The van der Waals surface area contributed by atoms with Crippen LogP contribution in [0, 0.1) is 11.8 Å². The maximum Gasteiger partial charge on any atom is 0.0459 e. The van der Waals surface area contributed by atoms with Crippen LogP contribution in [-0.4, -0.2) is 29.2 Å². The highest BCUT2D eigenvalue weighted by molar-refractivity contribution is 7.79. The van der Waals surface area contributed by atoms with Gasteiger partial charge in [0.2, 0.25) is 0 Å². The molecular weight excluding hydrogens is 304 g/mol. The summed E-state index contributed by atoms with van der Waals surface area (Å²) in [4.78, 5) is 0. The van der Waals surface area contributed by atoms with Gasteiger partial charge in [-0.3, -0.25) is 8.42 Å². The van der Waals surface area contributed by atoms with E-state index in [1.165, 1.54) is 64.2 Å². The number of aliphatic hydroxyl groups excluding tert-OH is 1. The van der Waals surface area contributed by atoms with E-state index in [0.717, 1.165) is 0 Å². The molecule has 22 heavy (non-hydrogen) atoms. The topological polar surface area (TPSA) is 100 Å². The Hall–Kier alpha value is -0.170. The van der Waals surface area contributed by atoms with E-state index in [0.29, 0.717) is 18.4 Å². The van der Waals surface area contributed by atoms with Gasteiger partial charge in [0.05, 0.1) is 0 Å². The molecule has 0 aliphatic heterocycles. The van der Waals surface area contributed by atoms with E-state index in [-0.39, 0.29) is 0 Å². The number of aliphatic hydroxyl groups is 1. The van der Waals surface area contributed by atoms with Gasteiger partial charge >= 0.3 is 0 Å². The summed E-state index contributed by atoms with van der Waals surface area (Å²) in [7, 11) is -5.17. The van der Waals surface area contributed by atoms with Gasteiger partial charge in [0.25, 0.3) is 0 Å². The van der Waals surface area contributed by atoms with Crippen LogP contribution in [0.4, 0.5) is 0 Å². The van der Waals surface area contributed by atoms with Crippen molar-refractivity contribution in [2.24, 2.45) is 11.8 Å². The zero-order chi connectivity index (χ0) is 17.4. The Morgan fingerprint density at radius 2 is 1.18 bits per heavy atom. The second kappa shape index (κ2) is 15.7. The van der Waals surface area contributed by atoms with Crippen molar-refractivity contribution in [3.8, 4) is 0 Å². The molecule has 0 saturated carbocycles. The van der Waals surface area contributed by atoms with E-state index >= 15 is 0 Å². The molecule has 0 aromatic rings. The maximum absolute atomic E-state index is 9.05. The van der Waals surface area contributed by atoms with Crippen molar-refractivity contribution >= 4 is 10.4 Å². The predicted octanol–water partition coefficient (Wildman–Crippen LogP) is 3.83. The summed E-state index contributed by atoms with van der Waals surface area (Å²) >= 11 is 0. The summed E-state index contributed by atoms with van der Waals surface area (Å²) in [5.74, 6) is 1.16. The van der Waals surface area contributed by atoms with Crippen molar-refractivity contribution in [1.82, 2.24) is 0 Å². The lowest BCUT2D eigenvalue weighted by Gasteiger charge is -2.17. The van der Waals surface area contributed by atoms with E-state index in [1.807, 2.05) is 0 Å². The third-order valence-electron chi connectivity index (χ3n) is 4.02. The van der Waals surface area contributed by atoms with Crippen LogP contribution in [0.15, 0.2) is 0 Å². The van der Waals surface area contributed by atoms with Crippen molar-refractivity contribution in [2.75, 3.05) is 6.61 Å². The van der Waals surface area contributed by atoms with Crippen LogP contribution in [0.2, 0.25) is 0 Å². The molecule has 0 bridgehead atoms. The molecular formula is C16H34O5S-2. The first kappa shape index (κ1) is 24.1. The fourth-order valence-electron chi connectivity index (χ4n) is 2.24. The molecule has 0 radical (unpaired) electrons. The van der Waals surface area contributed by atoms with Crippen LogP contribution in [-0.2, 0) is 10.4 Å². The molecule has 0 rings (SSSR count). The molecule has 2 unspecified atom stereocenters. The first-order valence-electron chi connectivity index (χ1n) is 8.49. The van der Waals surface area contributed by atoms with Crippen molar-refractivity contribution in [3.05, 3.63) is 0 Å². The SMILES string of the molecule is CCCCCCCCCCCC(C)C(C)CO.O=S(=O)([O-])[O-]. The lowest BCUT2D eigenvalue weighted by atomic mass is 9.91. The predicted molar refractivity (Wildman–Crippen MR) is 87.7 cm³/mol. The first-order valence-corrected chi connectivity index (χ1v) is 9.83. The average molecular weight is 339 g/mol. The highest BCUT2D eigenvalue weighted by Crippen LogP contribution is 2.18. The van der Waals surface area contributed by atoms with Gasteiger partial charge in [-0.2, -0.15) is 0 Å². The fraction of sp³-hybridized carbons (Fsp3) is 1.00. The zero-order valence-corrected chi connectivity index (χ0v) is 15.2. The summed E-state index contributed by atoms with van der Waals surface area (Å²) in [6.45, 7) is 7.04. The third-order valence-corrected chi connectivity index (χ3v) is 4.02. The zero-order valence-electron chi connectivity index (χ0n) is 14.4. The molecule has 6 heteroatoms. The Bertz CT molecular complexity index is 308. The van der Waals surface area contributed by atoms with Gasteiger partial charge in [0.15, 0.2) is 0 Å². The van der Waals surface area contributed by atoms with Crippen LogP contribution < -0.4 is 0 Å². The minimum atomic E-state index is -5.17. The summed E-state index contributed by atoms with van der Waals surface area (Å²) in [5.41, 5.74) is 0. The van der Waals surface area contributed by atoms with Gasteiger partial charge in [0.1, 0.15) is 0 Å². The van der Waals surface area contributed by atoms with E-state index in [4.69, 9.17) is 22.6 Å². The minimum absolute atomic E-state index is 0.346. The number of hydrogen-bond acceptors (Lipinski definition) is 5. The Morgan fingerprint density at radius 3 is 1.55 bits per heavy atom. The molecule has 0 aromatic carbocycles. The summed E-state index contributed by atoms with van der Waals surface area (Å²) in [6, 6.07) is 0. The lowest BCUT2D eigenvalue weighted by Crippen LogP contribution is -2.11. The van der Waals surface area contributed by atoms with Crippen molar-refractivity contribution < 1.29 is 22.6 Å². The minimum Gasteiger partial charge on any atom is -0.759 e. The van der Waals surface area contributed by atoms with E-state index in [9.17, 15) is 0 Å². The highest BCUT2D eigenvalue weighted by Gasteiger charge is 2.09. The van der Waals surface area contributed by atoms with E-state index in [1.54, 1.807) is 0 Å². The molecule has 5 nitrogen and oxygen atoms in total. The molecule has 0 saturated heterocycles. The molecule has 0 fully saturated rings. The normalized spacial score (nSPS) is 14.1. The molecule has 0 heterocycles. The summed E-state index contributed by atoms with van der Waals surface area (Å²) in [6.07, 6.45) is 13.9. The van der Waals surface area contributed by atoms with Crippen LogP contribution in [0.25, 0.3) is 0 Å². The molecule has 0 amide bonds. The Morgan fingerprint density at radius 1 is 0.818 bits per heavy atom. The molecule has 0 aromatic heterocycles. The van der Waals surface area contributed by atoms with Crippen LogP contribution in [0.1, 0.15) is 85.0 Å². The molecule has 136 valence electrons. The maximum atomic E-state index is 9.05. The van der Waals surface area contributed by atoms with E-state index < -0.39 is 10.4 Å².